The van der Waals surface area contributed by atoms with Crippen LogP contribution in [-0.4, -0.2) is 12.7 Å². The van der Waals surface area contributed by atoms with Gasteiger partial charge in [-0.05, 0) is 62.4 Å². The molecule has 0 aliphatic heterocycles. The standard InChI is InChI=1S/C22H25FO2S/c1-3-5-14-6-7-15(12-14)25-16-8-9-17-18-10-11-19(24-4-2)21(23)22(18)26-20(17)13-16/h8-11,13-15H,3-7,12H2,1-2H3. The van der Waals surface area contributed by atoms with Gasteiger partial charge in [0.15, 0.2) is 11.6 Å². The Morgan fingerprint density at radius 1 is 1.12 bits per heavy atom. The first-order valence-electron chi connectivity index (χ1n) is 9.63. The first kappa shape index (κ1) is 17.6. The lowest BCUT2D eigenvalue weighted by Gasteiger charge is -2.14. The minimum absolute atomic E-state index is 0.258. The van der Waals surface area contributed by atoms with Crippen molar-refractivity contribution in [2.45, 2.75) is 52.1 Å². The van der Waals surface area contributed by atoms with Crippen LogP contribution < -0.4 is 9.47 Å². The number of thiophene rings is 1. The summed E-state index contributed by atoms with van der Waals surface area (Å²) in [6.07, 6.45) is 6.44. The van der Waals surface area contributed by atoms with Crippen LogP contribution in [0.4, 0.5) is 4.39 Å². The minimum atomic E-state index is -0.258. The fourth-order valence-corrected chi connectivity index (χ4v) is 5.27. The number of rotatable bonds is 6. The summed E-state index contributed by atoms with van der Waals surface area (Å²) in [5, 5.41) is 2.02. The number of benzene rings is 2. The van der Waals surface area contributed by atoms with Crippen molar-refractivity contribution in [2.75, 3.05) is 6.61 Å². The topological polar surface area (TPSA) is 18.5 Å². The maximum Gasteiger partial charge on any atom is 0.182 e. The average Bonchev–Trinajstić information content (AvgIpc) is 3.22. The highest BCUT2D eigenvalue weighted by Crippen LogP contribution is 2.40. The molecule has 2 aromatic carbocycles. The number of ether oxygens (including phenoxy) is 2. The fourth-order valence-electron chi connectivity index (χ4n) is 4.11. The second-order valence-corrected chi connectivity index (χ2v) is 8.21. The lowest BCUT2D eigenvalue weighted by atomic mass is 10.0. The SMILES string of the molecule is CCCC1CCC(Oc2ccc3c(c2)sc2c(F)c(OCC)ccc23)C1. The molecule has 0 spiro atoms. The molecule has 0 saturated heterocycles. The van der Waals surface area contributed by atoms with Gasteiger partial charge in [-0.15, -0.1) is 11.3 Å². The van der Waals surface area contributed by atoms with E-state index in [1.807, 2.05) is 19.1 Å². The number of fused-ring (bicyclic) bond motifs is 3. The summed E-state index contributed by atoms with van der Waals surface area (Å²) >= 11 is 1.47. The van der Waals surface area contributed by atoms with Crippen molar-refractivity contribution in [3.8, 4) is 11.5 Å². The third-order valence-electron chi connectivity index (χ3n) is 5.31. The van der Waals surface area contributed by atoms with Crippen LogP contribution in [-0.2, 0) is 0 Å². The predicted octanol–water partition coefficient (Wildman–Crippen LogP) is 6.94. The molecule has 1 saturated carbocycles. The molecule has 1 fully saturated rings. The van der Waals surface area contributed by atoms with Crippen molar-refractivity contribution in [3.05, 3.63) is 36.1 Å². The molecular weight excluding hydrogens is 347 g/mol. The van der Waals surface area contributed by atoms with Crippen molar-refractivity contribution in [3.63, 3.8) is 0 Å². The van der Waals surface area contributed by atoms with Gasteiger partial charge in [-0.2, -0.15) is 0 Å². The molecule has 0 radical (unpaired) electrons. The zero-order chi connectivity index (χ0) is 18.1. The molecule has 2 atom stereocenters. The second-order valence-electron chi connectivity index (χ2n) is 7.16. The maximum absolute atomic E-state index is 14.7. The monoisotopic (exact) mass is 372 g/mol. The zero-order valence-corrected chi connectivity index (χ0v) is 16.2. The van der Waals surface area contributed by atoms with Gasteiger partial charge in [-0.25, -0.2) is 4.39 Å². The maximum atomic E-state index is 14.7. The summed E-state index contributed by atoms with van der Waals surface area (Å²) in [5.74, 6) is 1.78. The van der Waals surface area contributed by atoms with Gasteiger partial charge in [-0.3, -0.25) is 0 Å². The van der Waals surface area contributed by atoms with E-state index in [4.69, 9.17) is 9.47 Å². The lowest BCUT2D eigenvalue weighted by molar-refractivity contribution is 0.203. The fraction of sp³-hybridized carbons (Fsp3) is 0.455. The van der Waals surface area contributed by atoms with Gasteiger partial charge < -0.3 is 9.47 Å². The summed E-state index contributed by atoms with van der Waals surface area (Å²) in [6.45, 7) is 4.58. The molecule has 26 heavy (non-hydrogen) atoms. The molecule has 0 bridgehead atoms. The van der Waals surface area contributed by atoms with Crippen molar-refractivity contribution in [1.82, 2.24) is 0 Å². The summed E-state index contributed by atoms with van der Waals surface area (Å²) in [5.41, 5.74) is 0. The third kappa shape index (κ3) is 3.27. The second kappa shape index (κ2) is 7.43. The average molecular weight is 373 g/mol. The van der Waals surface area contributed by atoms with E-state index < -0.39 is 0 Å². The Labute approximate surface area is 157 Å². The van der Waals surface area contributed by atoms with E-state index in [1.165, 1.54) is 30.6 Å². The van der Waals surface area contributed by atoms with Crippen LogP contribution in [0.25, 0.3) is 20.2 Å². The Morgan fingerprint density at radius 3 is 2.77 bits per heavy atom. The molecule has 3 aromatic rings. The predicted molar refractivity (Wildman–Crippen MR) is 107 cm³/mol. The van der Waals surface area contributed by atoms with E-state index in [9.17, 15) is 4.39 Å². The van der Waals surface area contributed by atoms with Crippen molar-refractivity contribution in [1.29, 1.82) is 0 Å². The van der Waals surface area contributed by atoms with Gasteiger partial charge in [0, 0.05) is 15.5 Å². The molecule has 2 nitrogen and oxygen atoms in total. The molecule has 4 rings (SSSR count). The largest absolute Gasteiger partial charge is 0.491 e. The van der Waals surface area contributed by atoms with E-state index in [1.54, 1.807) is 6.07 Å². The first-order chi connectivity index (χ1) is 12.7. The number of halogens is 1. The quantitative estimate of drug-likeness (QED) is 0.466. The van der Waals surface area contributed by atoms with E-state index >= 15 is 0 Å². The van der Waals surface area contributed by atoms with Crippen molar-refractivity contribution < 1.29 is 13.9 Å². The van der Waals surface area contributed by atoms with Gasteiger partial charge >= 0.3 is 0 Å². The highest BCUT2D eigenvalue weighted by molar-refractivity contribution is 7.25. The van der Waals surface area contributed by atoms with Crippen LogP contribution in [0, 0.1) is 11.7 Å². The molecule has 1 aliphatic rings. The molecule has 1 aliphatic carbocycles. The molecule has 2 unspecified atom stereocenters. The van der Waals surface area contributed by atoms with E-state index in [0.29, 0.717) is 23.2 Å². The van der Waals surface area contributed by atoms with Crippen LogP contribution in [0.5, 0.6) is 11.5 Å². The Hall–Kier alpha value is -1.81. The Kier molecular flexibility index (Phi) is 5.03. The highest BCUT2D eigenvalue weighted by atomic mass is 32.1. The zero-order valence-electron chi connectivity index (χ0n) is 15.4. The highest BCUT2D eigenvalue weighted by Gasteiger charge is 2.25. The van der Waals surface area contributed by atoms with Gasteiger partial charge in [0.1, 0.15) is 5.75 Å². The van der Waals surface area contributed by atoms with Crippen molar-refractivity contribution in [2.24, 2.45) is 5.92 Å². The Balaban J connectivity index is 1.61. The molecule has 1 heterocycles. The van der Waals surface area contributed by atoms with E-state index in [0.717, 1.165) is 40.0 Å². The third-order valence-corrected chi connectivity index (χ3v) is 6.47. The van der Waals surface area contributed by atoms with Crippen LogP contribution in [0.15, 0.2) is 30.3 Å². The van der Waals surface area contributed by atoms with Crippen molar-refractivity contribution >= 4 is 31.5 Å². The molecule has 1 aromatic heterocycles. The molecule has 0 amide bonds. The summed E-state index contributed by atoms with van der Waals surface area (Å²) in [4.78, 5) is 0. The van der Waals surface area contributed by atoms with E-state index in [2.05, 4.69) is 19.1 Å². The van der Waals surface area contributed by atoms with Gasteiger partial charge in [0.25, 0.3) is 0 Å². The summed E-state index contributed by atoms with van der Waals surface area (Å²) < 4.78 is 28.0. The molecule has 0 N–H and O–H groups in total. The van der Waals surface area contributed by atoms with Gasteiger partial charge in [-0.1, -0.05) is 19.8 Å². The lowest BCUT2D eigenvalue weighted by Crippen LogP contribution is -2.12. The van der Waals surface area contributed by atoms with Crippen LogP contribution in [0.3, 0.4) is 0 Å². The smallest absolute Gasteiger partial charge is 0.182 e. The molecule has 138 valence electrons. The number of hydrogen-bond acceptors (Lipinski definition) is 3. The molecule has 4 heteroatoms. The summed E-state index contributed by atoms with van der Waals surface area (Å²) in [7, 11) is 0. The van der Waals surface area contributed by atoms with Gasteiger partial charge in [0.05, 0.1) is 17.4 Å². The Bertz CT molecular complexity index is 917. The normalized spacial score (nSPS) is 20.1. The van der Waals surface area contributed by atoms with E-state index in [-0.39, 0.29) is 5.82 Å². The van der Waals surface area contributed by atoms with Crippen LogP contribution in [0.2, 0.25) is 0 Å². The summed E-state index contributed by atoms with van der Waals surface area (Å²) in [6, 6.07) is 9.82. The number of hydrogen-bond donors (Lipinski definition) is 0. The van der Waals surface area contributed by atoms with Crippen LogP contribution in [0.1, 0.15) is 46.0 Å². The van der Waals surface area contributed by atoms with Gasteiger partial charge in [0.2, 0.25) is 0 Å². The minimum Gasteiger partial charge on any atom is -0.491 e. The van der Waals surface area contributed by atoms with Crippen LogP contribution >= 0.6 is 11.3 Å². The Morgan fingerprint density at radius 2 is 1.96 bits per heavy atom. The first-order valence-corrected chi connectivity index (χ1v) is 10.5. The molecular formula is C22H25FO2S.